The highest BCUT2D eigenvalue weighted by Crippen LogP contribution is 2.23. The van der Waals surface area contributed by atoms with Crippen LogP contribution in [-0.2, 0) is 6.54 Å². The zero-order valence-corrected chi connectivity index (χ0v) is 16.5. The quantitative estimate of drug-likeness (QED) is 0.463. The summed E-state index contributed by atoms with van der Waals surface area (Å²) in [4.78, 5) is 21.1. The SMILES string of the molecule is CSc1nc(NC(C)C)c2cnn(CCNC(=O)c3c(F)cccc3F)c2n1. The Hall–Kier alpha value is -2.75. The first-order valence-electron chi connectivity index (χ1n) is 8.67. The van der Waals surface area contributed by atoms with Gasteiger partial charge in [-0.2, -0.15) is 5.10 Å². The van der Waals surface area contributed by atoms with Crippen LogP contribution in [0.25, 0.3) is 11.0 Å². The van der Waals surface area contributed by atoms with Gasteiger partial charge in [-0.3, -0.25) is 4.79 Å². The lowest BCUT2D eigenvalue weighted by Crippen LogP contribution is -2.29. The molecule has 0 aliphatic heterocycles. The number of thioether (sulfide) groups is 1. The number of anilines is 1. The maximum Gasteiger partial charge on any atom is 0.257 e. The molecule has 2 heterocycles. The predicted molar refractivity (Wildman–Crippen MR) is 105 cm³/mol. The molecule has 148 valence electrons. The second kappa shape index (κ2) is 8.51. The van der Waals surface area contributed by atoms with Gasteiger partial charge in [0, 0.05) is 12.6 Å². The highest BCUT2D eigenvalue weighted by Gasteiger charge is 2.17. The molecule has 7 nitrogen and oxygen atoms in total. The van der Waals surface area contributed by atoms with Crippen molar-refractivity contribution in [2.75, 3.05) is 18.1 Å². The fraction of sp³-hybridized carbons (Fsp3) is 0.333. The largest absolute Gasteiger partial charge is 0.367 e. The van der Waals surface area contributed by atoms with E-state index in [-0.39, 0.29) is 19.1 Å². The van der Waals surface area contributed by atoms with Crippen LogP contribution in [0.3, 0.4) is 0 Å². The third kappa shape index (κ3) is 4.22. The van der Waals surface area contributed by atoms with E-state index in [0.717, 1.165) is 17.5 Å². The van der Waals surface area contributed by atoms with Crippen molar-refractivity contribution < 1.29 is 13.6 Å². The van der Waals surface area contributed by atoms with Crippen molar-refractivity contribution in [1.29, 1.82) is 0 Å². The maximum atomic E-state index is 13.7. The van der Waals surface area contributed by atoms with Crippen LogP contribution in [0, 0.1) is 11.6 Å². The van der Waals surface area contributed by atoms with E-state index < -0.39 is 23.1 Å². The number of nitrogens with zero attached hydrogens (tertiary/aromatic N) is 4. The van der Waals surface area contributed by atoms with Gasteiger partial charge in [0.25, 0.3) is 5.91 Å². The van der Waals surface area contributed by atoms with Crippen LogP contribution in [0.1, 0.15) is 24.2 Å². The number of amides is 1. The summed E-state index contributed by atoms with van der Waals surface area (Å²) < 4.78 is 29.0. The van der Waals surface area contributed by atoms with Gasteiger partial charge < -0.3 is 10.6 Å². The lowest BCUT2D eigenvalue weighted by molar-refractivity contribution is 0.0943. The molecule has 1 aromatic carbocycles. The minimum Gasteiger partial charge on any atom is -0.367 e. The number of aromatic nitrogens is 4. The van der Waals surface area contributed by atoms with Crippen LogP contribution in [0.2, 0.25) is 0 Å². The summed E-state index contributed by atoms with van der Waals surface area (Å²) >= 11 is 1.41. The van der Waals surface area contributed by atoms with E-state index in [1.807, 2.05) is 20.1 Å². The van der Waals surface area contributed by atoms with Crippen molar-refractivity contribution in [2.45, 2.75) is 31.6 Å². The van der Waals surface area contributed by atoms with Crippen molar-refractivity contribution in [3.8, 4) is 0 Å². The summed E-state index contributed by atoms with van der Waals surface area (Å²) in [7, 11) is 0. The van der Waals surface area contributed by atoms with E-state index in [1.165, 1.54) is 17.8 Å². The number of nitrogens with one attached hydrogen (secondary N) is 2. The van der Waals surface area contributed by atoms with Crippen molar-refractivity contribution in [3.63, 3.8) is 0 Å². The Morgan fingerprint density at radius 1 is 1.25 bits per heavy atom. The number of carbonyl (C=O) groups is 1. The van der Waals surface area contributed by atoms with E-state index in [0.29, 0.717) is 16.6 Å². The van der Waals surface area contributed by atoms with Crippen LogP contribution >= 0.6 is 11.8 Å². The number of hydrogen-bond acceptors (Lipinski definition) is 6. The van der Waals surface area contributed by atoms with Crippen molar-refractivity contribution in [3.05, 3.63) is 41.6 Å². The smallest absolute Gasteiger partial charge is 0.257 e. The first kappa shape index (κ1) is 20.0. The number of carbonyl (C=O) groups excluding carboxylic acids is 1. The summed E-state index contributed by atoms with van der Waals surface area (Å²) in [6.07, 6.45) is 3.53. The standard InChI is InChI=1S/C18H20F2N6OS/c1-10(2)23-15-11-9-22-26(16(11)25-18(24-15)28-3)8-7-21-17(27)14-12(19)5-4-6-13(14)20/h4-6,9-10H,7-8H2,1-3H3,(H,21,27)(H,23,24,25). The Labute approximate surface area is 164 Å². The Kier molecular flexibility index (Phi) is 6.08. The zero-order chi connectivity index (χ0) is 20.3. The van der Waals surface area contributed by atoms with Crippen LogP contribution in [0.5, 0.6) is 0 Å². The van der Waals surface area contributed by atoms with Crippen LogP contribution in [0.4, 0.5) is 14.6 Å². The molecule has 0 aliphatic rings. The normalized spacial score (nSPS) is 11.2. The van der Waals surface area contributed by atoms with Crippen molar-refractivity contribution >= 4 is 34.5 Å². The second-order valence-electron chi connectivity index (χ2n) is 6.32. The first-order chi connectivity index (χ1) is 13.4. The number of rotatable bonds is 7. The number of benzene rings is 1. The first-order valence-corrected chi connectivity index (χ1v) is 9.89. The lowest BCUT2D eigenvalue weighted by atomic mass is 10.2. The van der Waals surface area contributed by atoms with Gasteiger partial charge in [-0.15, -0.1) is 0 Å². The lowest BCUT2D eigenvalue weighted by Gasteiger charge is -2.11. The Morgan fingerprint density at radius 3 is 2.61 bits per heavy atom. The summed E-state index contributed by atoms with van der Waals surface area (Å²) in [6, 6.07) is 3.49. The van der Waals surface area contributed by atoms with Crippen LogP contribution in [-0.4, -0.2) is 44.5 Å². The van der Waals surface area contributed by atoms with Crippen molar-refractivity contribution in [1.82, 2.24) is 25.1 Å². The molecule has 0 aliphatic carbocycles. The maximum absolute atomic E-state index is 13.7. The molecule has 0 spiro atoms. The molecule has 0 saturated heterocycles. The van der Waals surface area contributed by atoms with E-state index in [9.17, 15) is 13.6 Å². The fourth-order valence-corrected chi connectivity index (χ4v) is 3.01. The molecule has 2 N–H and O–H groups in total. The van der Waals surface area contributed by atoms with Gasteiger partial charge in [0.1, 0.15) is 23.0 Å². The Bertz CT molecular complexity index is 987. The van der Waals surface area contributed by atoms with E-state index >= 15 is 0 Å². The average Bonchev–Trinajstić information content (AvgIpc) is 3.04. The summed E-state index contributed by atoms with van der Waals surface area (Å²) in [6.45, 7) is 4.44. The summed E-state index contributed by atoms with van der Waals surface area (Å²) in [5, 5.41) is 11.5. The average molecular weight is 406 g/mol. The summed E-state index contributed by atoms with van der Waals surface area (Å²) in [5.74, 6) is -1.92. The monoisotopic (exact) mass is 406 g/mol. The molecule has 3 aromatic rings. The second-order valence-corrected chi connectivity index (χ2v) is 7.09. The number of halogens is 2. The van der Waals surface area contributed by atoms with Gasteiger partial charge in [0.15, 0.2) is 10.8 Å². The molecule has 0 saturated carbocycles. The van der Waals surface area contributed by atoms with Gasteiger partial charge >= 0.3 is 0 Å². The van der Waals surface area contributed by atoms with Gasteiger partial charge in [0.2, 0.25) is 0 Å². The molecule has 28 heavy (non-hydrogen) atoms. The number of fused-ring (bicyclic) bond motifs is 1. The third-order valence-electron chi connectivity index (χ3n) is 3.88. The molecule has 0 atom stereocenters. The molecule has 0 radical (unpaired) electrons. The van der Waals surface area contributed by atoms with Crippen LogP contribution in [0.15, 0.2) is 29.6 Å². The molecule has 0 fully saturated rings. The highest BCUT2D eigenvalue weighted by molar-refractivity contribution is 7.98. The van der Waals surface area contributed by atoms with E-state index in [4.69, 9.17) is 0 Å². The third-order valence-corrected chi connectivity index (χ3v) is 4.43. The summed E-state index contributed by atoms with van der Waals surface area (Å²) in [5.41, 5.74) is 0.0251. The van der Waals surface area contributed by atoms with Crippen molar-refractivity contribution in [2.24, 2.45) is 0 Å². The van der Waals surface area contributed by atoms with E-state index in [2.05, 4.69) is 25.7 Å². The molecular formula is C18H20F2N6OS. The molecular weight excluding hydrogens is 386 g/mol. The minimum absolute atomic E-state index is 0.134. The van der Waals surface area contributed by atoms with Gasteiger partial charge in [-0.05, 0) is 32.2 Å². The van der Waals surface area contributed by atoms with Gasteiger partial charge in [0.05, 0.1) is 18.1 Å². The molecule has 2 aromatic heterocycles. The Morgan fingerprint density at radius 2 is 1.96 bits per heavy atom. The van der Waals surface area contributed by atoms with Gasteiger partial charge in [-0.1, -0.05) is 17.8 Å². The van der Waals surface area contributed by atoms with Gasteiger partial charge in [-0.25, -0.2) is 23.4 Å². The topological polar surface area (TPSA) is 84.7 Å². The molecule has 0 unspecified atom stereocenters. The molecule has 3 rings (SSSR count). The minimum atomic E-state index is -0.899. The fourth-order valence-electron chi connectivity index (χ4n) is 2.65. The zero-order valence-electron chi connectivity index (χ0n) is 15.7. The predicted octanol–water partition coefficient (Wildman–Crippen LogP) is 3.08. The van der Waals surface area contributed by atoms with E-state index in [1.54, 1.807) is 10.9 Å². The molecule has 10 heteroatoms. The number of hydrogen-bond donors (Lipinski definition) is 2. The van der Waals surface area contributed by atoms with Crippen LogP contribution < -0.4 is 10.6 Å². The highest BCUT2D eigenvalue weighted by atomic mass is 32.2. The molecule has 1 amide bonds. The molecule has 0 bridgehead atoms. The Balaban J connectivity index is 1.77.